The van der Waals surface area contributed by atoms with Crippen LogP contribution in [0.4, 0.5) is 5.69 Å². The lowest BCUT2D eigenvalue weighted by Crippen LogP contribution is -2.25. The Hall–Kier alpha value is -4.72. The molecular formula is C26H19N3O5. The number of para-hydroxylation sites is 2. The summed E-state index contributed by atoms with van der Waals surface area (Å²) in [4.78, 5) is 41.7. The van der Waals surface area contributed by atoms with Crippen LogP contribution in [0.1, 0.15) is 15.9 Å². The van der Waals surface area contributed by atoms with E-state index in [1.54, 1.807) is 42.5 Å². The van der Waals surface area contributed by atoms with Crippen LogP contribution in [0.5, 0.6) is 0 Å². The van der Waals surface area contributed by atoms with E-state index in [1.807, 2.05) is 36.4 Å². The molecule has 34 heavy (non-hydrogen) atoms. The Kier molecular flexibility index (Phi) is 5.61. The lowest BCUT2D eigenvalue weighted by Gasteiger charge is -2.08. The van der Waals surface area contributed by atoms with E-state index in [4.69, 9.17) is 9.15 Å². The van der Waals surface area contributed by atoms with E-state index >= 15 is 0 Å². The van der Waals surface area contributed by atoms with Gasteiger partial charge in [-0.1, -0.05) is 42.5 Å². The van der Waals surface area contributed by atoms with E-state index in [-0.39, 0.29) is 24.6 Å². The first kappa shape index (κ1) is 21.1. The third kappa shape index (κ3) is 4.29. The molecule has 0 spiro atoms. The molecule has 0 atom stereocenters. The van der Waals surface area contributed by atoms with Crippen LogP contribution < -0.4 is 10.9 Å². The van der Waals surface area contributed by atoms with Gasteiger partial charge in [0.05, 0.1) is 6.33 Å². The van der Waals surface area contributed by atoms with Gasteiger partial charge in [0.1, 0.15) is 24.3 Å². The Labute approximate surface area is 193 Å². The van der Waals surface area contributed by atoms with Crippen LogP contribution in [0.3, 0.4) is 0 Å². The van der Waals surface area contributed by atoms with Crippen molar-refractivity contribution in [3.63, 3.8) is 0 Å². The Bertz CT molecular complexity index is 1550. The molecule has 0 saturated heterocycles. The van der Waals surface area contributed by atoms with Crippen molar-refractivity contribution in [3.8, 4) is 0 Å². The normalized spacial score (nSPS) is 10.9. The number of ether oxygens (including phenoxy) is 1. The van der Waals surface area contributed by atoms with Crippen LogP contribution in [0.15, 0.2) is 94.4 Å². The fraction of sp³-hybridized carbons (Fsp3) is 0.0769. The fourth-order valence-electron chi connectivity index (χ4n) is 3.55. The number of rotatable bonds is 6. The van der Waals surface area contributed by atoms with Crippen molar-refractivity contribution in [1.29, 1.82) is 0 Å². The number of furan rings is 1. The number of nitrogens with zero attached hydrogens (tertiary/aromatic N) is 2. The topological polar surface area (TPSA) is 103 Å². The van der Waals surface area contributed by atoms with Gasteiger partial charge in [0.15, 0.2) is 0 Å². The van der Waals surface area contributed by atoms with E-state index in [9.17, 15) is 14.4 Å². The minimum atomic E-state index is -0.592. The number of hydrogen-bond acceptors (Lipinski definition) is 6. The Morgan fingerprint density at radius 2 is 1.68 bits per heavy atom. The Morgan fingerprint density at radius 1 is 0.941 bits per heavy atom. The van der Waals surface area contributed by atoms with Gasteiger partial charge >= 0.3 is 5.97 Å². The summed E-state index contributed by atoms with van der Waals surface area (Å²) in [6.07, 6.45) is 1.31. The number of fused-ring (bicyclic) bond motifs is 3. The number of carbonyl (C=O) groups excluding carboxylic acids is 2. The van der Waals surface area contributed by atoms with E-state index in [2.05, 4.69) is 10.3 Å². The molecular weight excluding hydrogens is 434 g/mol. The van der Waals surface area contributed by atoms with Crippen molar-refractivity contribution in [1.82, 2.24) is 9.55 Å². The maximum atomic E-state index is 12.7. The minimum Gasteiger partial charge on any atom is -0.459 e. The summed E-state index contributed by atoms with van der Waals surface area (Å²) in [6, 6.07) is 23.1. The van der Waals surface area contributed by atoms with E-state index in [1.165, 1.54) is 6.33 Å². The number of hydrogen-bond donors (Lipinski definition) is 1. The summed E-state index contributed by atoms with van der Waals surface area (Å²) in [7, 11) is 0. The second kappa shape index (κ2) is 9.03. The summed E-state index contributed by atoms with van der Waals surface area (Å²) in [6.45, 7) is -0.287. The molecule has 2 heterocycles. The zero-order valence-corrected chi connectivity index (χ0v) is 17.9. The van der Waals surface area contributed by atoms with E-state index < -0.39 is 11.5 Å². The van der Waals surface area contributed by atoms with Crippen molar-refractivity contribution in [2.45, 2.75) is 13.2 Å². The van der Waals surface area contributed by atoms with Crippen molar-refractivity contribution in [3.05, 3.63) is 107 Å². The first-order valence-electron chi connectivity index (χ1n) is 10.6. The second-order valence-corrected chi connectivity index (χ2v) is 7.63. The summed E-state index contributed by atoms with van der Waals surface area (Å²) in [5.41, 5.74) is 2.56. The molecule has 8 heteroatoms. The highest BCUT2D eigenvalue weighted by Crippen LogP contribution is 2.24. The lowest BCUT2D eigenvalue weighted by molar-refractivity contribution is -0.145. The summed E-state index contributed by atoms with van der Waals surface area (Å²) < 4.78 is 12.1. The highest BCUT2D eigenvalue weighted by molar-refractivity contribution is 6.04. The molecule has 8 nitrogen and oxygen atoms in total. The average molecular weight is 453 g/mol. The van der Waals surface area contributed by atoms with Gasteiger partial charge in [-0.25, -0.2) is 4.98 Å². The van der Waals surface area contributed by atoms with Gasteiger partial charge in [0.2, 0.25) is 5.58 Å². The number of aromatic nitrogens is 2. The molecule has 0 fully saturated rings. The lowest BCUT2D eigenvalue weighted by atomic mass is 10.1. The molecule has 168 valence electrons. The average Bonchev–Trinajstić information content (AvgIpc) is 3.25. The number of esters is 1. The molecule has 0 aliphatic carbocycles. The van der Waals surface area contributed by atoms with Crippen LogP contribution in [0.25, 0.3) is 22.1 Å². The van der Waals surface area contributed by atoms with Gasteiger partial charge < -0.3 is 14.5 Å². The Morgan fingerprint density at radius 3 is 2.47 bits per heavy atom. The van der Waals surface area contributed by atoms with Crippen LogP contribution in [0, 0.1) is 0 Å². The molecule has 5 rings (SSSR count). The third-order valence-corrected chi connectivity index (χ3v) is 5.30. The van der Waals surface area contributed by atoms with Gasteiger partial charge in [-0.3, -0.25) is 19.0 Å². The van der Waals surface area contributed by atoms with Gasteiger partial charge in [-0.05, 0) is 42.0 Å². The molecule has 0 aliphatic rings. The van der Waals surface area contributed by atoms with Crippen LogP contribution in [0.2, 0.25) is 0 Å². The second-order valence-electron chi connectivity index (χ2n) is 7.63. The number of benzene rings is 3. The van der Waals surface area contributed by atoms with Gasteiger partial charge in [-0.2, -0.15) is 0 Å². The predicted octanol–water partition coefficient (Wildman–Crippen LogP) is 4.14. The molecule has 0 aliphatic heterocycles. The first-order valence-corrected chi connectivity index (χ1v) is 10.6. The molecule has 1 amide bonds. The van der Waals surface area contributed by atoms with Crippen LogP contribution in [-0.4, -0.2) is 21.4 Å². The zero-order valence-electron chi connectivity index (χ0n) is 17.9. The highest BCUT2D eigenvalue weighted by atomic mass is 16.5. The molecule has 1 N–H and O–H groups in total. The molecule has 0 saturated carbocycles. The SMILES string of the molecule is O=C(Cn1cnc2c(oc3ccccc32)c1=O)OCc1ccc(C(=O)Nc2ccccc2)cc1. The quantitative estimate of drug-likeness (QED) is 0.388. The number of carbonyl (C=O) groups is 2. The predicted molar refractivity (Wildman–Crippen MR) is 126 cm³/mol. The number of anilines is 1. The van der Waals surface area contributed by atoms with Crippen molar-refractivity contribution < 1.29 is 18.7 Å². The van der Waals surface area contributed by atoms with E-state index in [0.717, 1.165) is 9.95 Å². The van der Waals surface area contributed by atoms with Gasteiger partial charge in [0.25, 0.3) is 11.5 Å². The third-order valence-electron chi connectivity index (χ3n) is 5.30. The first-order chi connectivity index (χ1) is 16.6. The molecule has 2 aromatic heterocycles. The molecule has 0 radical (unpaired) electrons. The monoisotopic (exact) mass is 453 g/mol. The van der Waals surface area contributed by atoms with E-state index in [0.29, 0.717) is 27.9 Å². The molecule has 5 aromatic rings. The van der Waals surface area contributed by atoms with Gasteiger partial charge in [0, 0.05) is 16.6 Å². The molecule has 0 bridgehead atoms. The number of amides is 1. The summed E-state index contributed by atoms with van der Waals surface area (Å²) in [5.74, 6) is -0.826. The standard InChI is InChI=1S/C26H19N3O5/c30-22(14-29-16-27-23-20-8-4-5-9-21(20)34-24(23)26(29)32)33-15-17-10-12-18(13-11-17)25(31)28-19-6-2-1-3-7-19/h1-13,16H,14-15H2,(H,28,31). The van der Waals surface area contributed by atoms with Crippen molar-refractivity contribution in [2.75, 3.05) is 5.32 Å². The van der Waals surface area contributed by atoms with Crippen molar-refractivity contribution >= 4 is 39.6 Å². The minimum absolute atomic E-state index is 0.00841. The highest BCUT2D eigenvalue weighted by Gasteiger charge is 2.15. The largest absolute Gasteiger partial charge is 0.459 e. The van der Waals surface area contributed by atoms with Gasteiger partial charge in [-0.15, -0.1) is 0 Å². The smallest absolute Gasteiger partial charge is 0.326 e. The zero-order chi connectivity index (χ0) is 23.5. The fourth-order valence-corrected chi connectivity index (χ4v) is 3.55. The molecule has 0 unspecified atom stereocenters. The van der Waals surface area contributed by atoms with Crippen molar-refractivity contribution in [2.24, 2.45) is 0 Å². The van der Waals surface area contributed by atoms with Crippen LogP contribution in [-0.2, 0) is 22.7 Å². The maximum absolute atomic E-state index is 12.7. The maximum Gasteiger partial charge on any atom is 0.326 e. The Balaban J connectivity index is 1.21. The number of nitrogens with one attached hydrogen (secondary N) is 1. The molecule has 3 aromatic carbocycles. The summed E-state index contributed by atoms with van der Waals surface area (Å²) in [5, 5.41) is 3.55. The van der Waals surface area contributed by atoms with Crippen LogP contribution >= 0.6 is 0 Å². The summed E-state index contributed by atoms with van der Waals surface area (Å²) >= 11 is 0.